The largest absolute Gasteiger partial charge is 0.241 e. The lowest BCUT2D eigenvalue weighted by atomic mass is 10.1. The summed E-state index contributed by atoms with van der Waals surface area (Å²) >= 11 is 6.42. The van der Waals surface area contributed by atoms with E-state index >= 15 is 0 Å². The Balaban J connectivity index is 2.03. The molecule has 7 nitrogen and oxygen atoms in total. The average Bonchev–Trinajstić information content (AvgIpc) is 2.76. The van der Waals surface area contributed by atoms with Gasteiger partial charge in [0.05, 0.1) is 22.8 Å². The number of aryl methyl sites for hydroxylation is 4. The van der Waals surface area contributed by atoms with Crippen LogP contribution < -0.4 is 0 Å². The van der Waals surface area contributed by atoms with Gasteiger partial charge in [-0.1, -0.05) is 65.0 Å². The lowest BCUT2D eigenvalue weighted by Crippen LogP contribution is -2.08. The zero-order valence-corrected chi connectivity index (χ0v) is 19.6. The molecule has 0 N–H and O–H groups in total. The normalized spacial score (nSPS) is 11.1. The number of aromatic nitrogens is 7. The van der Waals surface area contributed by atoms with E-state index in [1.807, 2.05) is 0 Å². The van der Waals surface area contributed by atoms with E-state index < -0.39 is 0 Å². The monoisotopic (exact) mass is 439 g/mol. The zero-order valence-electron chi connectivity index (χ0n) is 18.8. The molecule has 164 valence electrons. The molecule has 0 amide bonds. The Hall–Kier alpha value is -2.54. The molecule has 0 radical (unpaired) electrons. The summed E-state index contributed by atoms with van der Waals surface area (Å²) in [5.74, 6) is 0.938. The van der Waals surface area contributed by atoms with Crippen molar-refractivity contribution in [2.24, 2.45) is 0 Å². The molecule has 3 aromatic heterocycles. The molecule has 0 atom stereocenters. The summed E-state index contributed by atoms with van der Waals surface area (Å²) in [7, 11) is 0. The molecular formula is C23H30ClN7. The summed E-state index contributed by atoms with van der Waals surface area (Å²) in [5.41, 5.74) is 4.99. The van der Waals surface area contributed by atoms with Crippen molar-refractivity contribution in [3.8, 4) is 23.0 Å². The van der Waals surface area contributed by atoms with Crippen molar-refractivity contribution >= 4 is 11.6 Å². The highest BCUT2D eigenvalue weighted by molar-refractivity contribution is 6.31. The van der Waals surface area contributed by atoms with Gasteiger partial charge in [-0.15, -0.1) is 10.2 Å². The first-order valence-corrected chi connectivity index (χ1v) is 11.6. The summed E-state index contributed by atoms with van der Waals surface area (Å²) in [4.78, 5) is 14.2. The molecule has 8 heteroatoms. The Morgan fingerprint density at radius 2 is 0.935 bits per heavy atom. The maximum Gasteiger partial charge on any atom is 0.200 e. The van der Waals surface area contributed by atoms with Gasteiger partial charge in [0, 0.05) is 5.02 Å². The molecule has 3 heterocycles. The summed E-state index contributed by atoms with van der Waals surface area (Å²) in [5, 5.41) is 18.0. The van der Waals surface area contributed by atoms with Gasteiger partial charge >= 0.3 is 0 Å². The molecule has 3 rings (SSSR count). The number of rotatable bonds is 10. The van der Waals surface area contributed by atoms with Crippen LogP contribution in [-0.4, -0.2) is 35.3 Å². The summed E-state index contributed by atoms with van der Waals surface area (Å²) < 4.78 is 0. The first kappa shape index (κ1) is 23.1. The molecule has 0 fully saturated rings. The predicted octanol–water partition coefficient (Wildman–Crippen LogP) is 5.25. The van der Waals surface area contributed by atoms with Crippen LogP contribution in [0, 0.1) is 0 Å². The molecule has 0 aromatic carbocycles. The number of halogens is 1. The Morgan fingerprint density at radius 1 is 0.548 bits per heavy atom. The first-order valence-electron chi connectivity index (χ1n) is 11.2. The van der Waals surface area contributed by atoms with E-state index in [2.05, 4.69) is 48.1 Å². The zero-order chi connectivity index (χ0) is 22.2. The summed E-state index contributed by atoms with van der Waals surface area (Å²) in [6, 6.07) is 3.51. The van der Waals surface area contributed by atoms with Crippen molar-refractivity contribution in [3.05, 3.63) is 39.9 Å². The Bertz CT molecular complexity index is 945. The minimum atomic E-state index is 0.469. The van der Waals surface area contributed by atoms with Crippen molar-refractivity contribution in [1.82, 2.24) is 35.3 Å². The third-order valence-electron chi connectivity index (χ3n) is 4.87. The molecule has 0 aliphatic heterocycles. The molecule has 0 saturated heterocycles. The van der Waals surface area contributed by atoms with Crippen LogP contribution in [0.1, 0.15) is 76.2 Å². The molecule has 3 aromatic rings. The molecule has 0 bridgehead atoms. The molecule has 0 aliphatic rings. The van der Waals surface area contributed by atoms with Gasteiger partial charge in [0.25, 0.3) is 0 Å². The van der Waals surface area contributed by atoms with Crippen LogP contribution in [0.3, 0.4) is 0 Å². The van der Waals surface area contributed by atoms with Crippen molar-refractivity contribution in [2.45, 2.75) is 79.1 Å². The minimum Gasteiger partial charge on any atom is -0.241 e. The molecule has 31 heavy (non-hydrogen) atoms. The van der Waals surface area contributed by atoms with Gasteiger partial charge in [0.2, 0.25) is 11.6 Å². The van der Waals surface area contributed by atoms with Crippen LogP contribution in [-0.2, 0) is 25.7 Å². The summed E-state index contributed by atoms with van der Waals surface area (Å²) in [6.07, 6.45) is 7.45. The highest BCUT2D eigenvalue weighted by Gasteiger charge is 2.16. The second-order valence-corrected chi connectivity index (χ2v) is 8.05. The van der Waals surface area contributed by atoms with Gasteiger partial charge in [-0.2, -0.15) is 10.2 Å². The fourth-order valence-corrected chi connectivity index (χ4v) is 3.65. The van der Waals surface area contributed by atoms with Crippen LogP contribution in [0.2, 0.25) is 5.02 Å². The molecular weight excluding hydrogens is 410 g/mol. The van der Waals surface area contributed by atoms with Gasteiger partial charge in [0.1, 0.15) is 11.4 Å². The molecule has 0 aliphatic carbocycles. The summed E-state index contributed by atoms with van der Waals surface area (Å²) in [6.45, 7) is 8.52. The minimum absolute atomic E-state index is 0.469. The second kappa shape index (κ2) is 11.2. The highest BCUT2D eigenvalue weighted by atomic mass is 35.5. The van der Waals surface area contributed by atoms with Crippen LogP contribution in [0.5, 0.6) is 0 Å². The number of nitrogens with zero attached hydrogens (tertiary/aromatic N) is 7. The standard InChI is InChI=1S/C23H30ClN7/c1-5-9-16-18(11-7-3)28-30-22(26-16)20-13-15(24)14-21(25-20)23-27-17(10-6-2)19(12-8-4)29-31-23/h13-14H,5-12H2,1-4H3. The van der Waals surface area contributed by atoms with E-state index in [0.717, 1.165) is 74.1 Å². The first-order chi connectivity index (χ1) is 15.1. The maximum atomic E-state index is 6.42. The van der Waals surface area contributed by atoms with E-state index in [4.69, 9.17) is 26.6 Å². The number of pyridine rings is 1. The van der Waals surface area contributed by atoms with Crippen LogP contribution in [0.25, 0.3) is 23.0 Å². The second-order valence-electron chi connectivity index (χ2n) is 7.61. The van der Waals surface area contributed by atoms with E-state index in [9.17, 15) is 0 Å². The van der Waals surface area contributed by atoms with E-state index in [0.29, 0.717) is 28.1 Å². The van der Waals surface area contributed by atoms with Gasteiger partial charge in [-0.05, 0) is 37.8 Å². The topological polar surface area (TPSA) is 90.2 Å². The average molecular weight is 440 g/mol. The van der Waals surface area contributed by atoms with Crippen molar-refractivity contribution in [2.75, 3.05) is 0 Å². The van der Waals surface area contributed by atoms with E-state index in [1.54, 1.807) is 12.1 Å². The van der Waals surface area contributed by atoms with Crippen molar-refractivity contribution in [1.29, 1.82) is 0 Å². The fourth-order valence-electron chi connectivity index (χ4n) is 3.44. The number of hydrogen-bond donors (Lipinski definition) is 0. The molecule has 0 spiro atoms. The van der Waals surface area contributed by atoms with E-state index in [1.165, 1.54) is 0 Å². The fraction of sp³-hybridized carbons (Fsp3) is 0.522. The van der Waals surface area contributed by atoms with Gasteiger partial charge in [-0.3, -0.25) is 0 Å². The van der Waals surface area contributed by atoms with Crippen molar-refractivity contribution in [3.63, 3.8) is 0 Å². The van der Waals surface area contributed by atoms with Gasteiger partial charge in [0.15, 0.2) is 0 Å². The Labute approximate surface area is 189 Å². The lowest BCUT2D eigenvalue weighted by Gasteiger charge is -2.10. The smallest absolute Gasteiger partial charge is 0.200 e. The molecule has 0 saturated carbocycles. The molecule has 0 unspecified atom stereocenters. The maximum absolute atomic E-state index is 6.42. The van der Waals surface area contributed by atoms with Crippen LogP contribution >= 0.6 is 11.6 Å². The van der Waals surface area contributed by atoms with Crippen molar-refractivity contribution < 1.29 is 0 Å². The third-order valence-corrected chi connectivity index (χ3v) is 5.09. The van der Waals surface area contributed by atoms with Crippen LogP contribution in [0.15, 0.2) is 12.1 Å². The third kappa shape index (κ3) is 5.79. The quantitative estimate of drug-likeness (QED) is 0.426. The Morgan fingerprint density at radius 3 is 1.32 bits per heavy atom. The predicted molar refractivity (Wildman–Crippen MR) is 123 cm³/mol. The van der Waals surface area contributed by atoms with Gasteiger partial charge < -0.3 is 0 Å². The SMILES string of the molecule is CCCc1nnc(-c2cc(Cl)cc(-c3nnc(CCC)c(CCC)n3)n2)nc1CCC. The highest BCUT2D eigenvalue weighted by Crippen LogP contribution is 2.24. The van der Waals surface area contributed by atoms with Crippen LogP contribution in [0.4, 0.5) is 0 Å². The van der Waals surface area contributed by atoms with Gasteiger partial charge in [-0.25, -0.2) is 15.0 Å². The lowest BCUT2D eigenvalue weighted by molar-refractivity contribution is 0.755. The number of hydrogen-bond acceptors (Lipinski definition) is 7. The Kier molecular flexibility index (Phi) is 8.35. The van der Waals surface area contributed by atoms with E-state index in [-0.39, 0.29) is 0 Å².